The Morgan fingerprint density at radius 1 is 1.39 bits per heavy atom. The third-order valence-electron chi connectivity index (χ3n) is 2.19. The molecule has 0 spiro atoms. The van der Waals surface area contributed by atoms with Crippen LogP contribution >= 0.6 is 0 Å². The highest BCUT2D eigenvalue weighted by molar-refractivity contribution is 6.08. The molecule has 2 aromatic rings. The zero-order valence-electron chi connectivity index (χ0n) is 9.36. The van der Waals surface area contributed by atoms with E-state index >= 15 is 0 Å². The first-order valence-corrected chi connectivity index (χ1v) is 4.93. The van der Waals surface area contributed by atoms with Crippen LogP contribution in [0.4, 0.5) is 5.95 Å². The second-order valence-electron chi connectivity index (χ2n) is 3.37. The molecule has 8 nitrogen and oxygen atoms in total. The molecule has 2 rings (SSSR count). The van der Waals surface area contributed by atoms with Crippen molar-refractivity contribution in [2.75, 3.05) is 5.32 Å². The summed E-state index contributed by atoms with van der Waals surface area (Å²) in [4.78, 5) is 30.4. The molecule has 0 bridgehead atoms. The van der Waals surface area contributed by atoms with Crippen LogP contribution in [0.1, 0.15) is 20.8 Å². The maximum absolute atomic E-state index is 11.9. The highest BCUT2D eigenvalue weighted by Gasteiger charge is 2.18. The molecule has 18 heavy (non-hydrogen) atoms. The van der Waals surface area contributed by atoms with Gasteiger partial charge in [-0.15, -0.1) is 0 Å². The van der Waals surface area contributed by atoms with Crippen LogP contribution < -0.4 is 5.32 Å². The number of nitrogens with zero attached hydrogens (tertiary/aromatic N) is 4. The van der Waals surface area contributed by atoms with Crippen molar-refractivity contribution in [1.82, 2.24) is 19.7 Å². The van der Waals surface area contributed by atoms with Gasteiger partial charge in [0, 0.05) is 13.2 Å². The number of carboxylic acid groups (broad SMARTS) is 1. The van der Waals surface area contributed by atoms with Gasteiger partial charge >= 0.3 is 5.97 Å². The number of aromatic nitrogens is 4. The van der Waals surface area contributed by atoms with Crippen molar-refractivity contribution in [2.24, 2.45) is 7.05 Å². The van der Waals surface area contributed by atoms with E-state index in [-0.39, 0.29) is 17.2 Å². The highest BCUT2D eigenvalue weighted by Crippen LogP contribution is 2.08. The molecule has 92 valence electrons. The molecule has 2 aromatic heterocycles. The number of rotatable bonds is 3. The van der Waals surface area contributed by atoms with Gasteiger partial charge in [-0.05, 0) is 12.1 Å². The predicted octanol–water partition coefficient (Wildman–Crippen LogP) is 0.161. The first-order chi connectivity index (χ1) is 8.59. The smallest absolute Gasteiger partial charge is 0.338 e. The molecule has 0 aromatic carbocycles. The number of pyridine rings is 1. The van der Waals surface area contributed by atoms with Crippen molar-refractivity contribution in [2.45, 2.75) is 0 Å². The number of carbonyl (C=O) groups is 2. The zero-order chi connectivity index (χ0) is 13.1. The van der Waals surface area contributed by atoms with E-state index in [0.29, 0.717) is 0 Å². The lowest BCUT2D eigenvalue weighted by atomic mass is 10.2. The van der Waals surface area contributed by atoms with Gasteiger partial charge in [-0.25, -0.2) is 9.48 Å². The summed E-state index contributed by atoms with van der Waals surface area (Å²) in [6.45, 7) is 0. The number of hydrogen-bond acceptors (Lipinski definition) is 5. The van der Waals surface area contributed by atoms with Crippen LogP contribution in [0, 0.1) is 0 Å². The van der Waals surface area contributed by atoms with Crippen LogP contribution in [0.15, 0.2) is 24.7 Å². The topological polar surface area (TPSA) is 110 Å². The lowest BCUT2D eigenvalue weighted by molar-refractivity contribution is 0.0691. The maximum Gasteiger partial charge on any atom is 0.338 e. The van der Waals surface area contributed by atoms with E-state index in [4.69, 9.17) is 5.11 Å². The van der Waals surface area contributed by atoms with E-state index in [0.717, 1.165) is 0 Å². The summed E-state index contributed by atoms with van der Waals surface area (Å²) in [5.41, 5.74) is -0.342. The lowest BCUT2D eigenvalue weighted by Crippen LogP contribution is -2.20. The first-order valence-electron chi connectivity index (χ1n) is 4.93. The van der Waals surface area contributed by atoms with E-state index in [2.05, 4.69) is 20.4 Å². The normalized spacial score (nSPS) is 10.1. The number of nitrogens with one attached hydrogen (secondary N) is 1. The molecule has 0 atom stereocenters. The molecule has 0 saturated heterocycles. The molecule has 8 heteroatoms. The molecular formula is C10H9N5O3. The maximum atomic E-state index is 11.9. The third-order valence-corrected chi connectivity index (χ3v) is 2.19. The van der Waals surface area contributed by atoms with Crippen LogP contribution in [0.25, 0.3) is 0 Å². The Morgan fingerprint density at radius 2 is 2.17 bits per heavy atom. The summed E-state index contributed by atoms with van der Waals surface area (Å²) in [7, 11) is 1.60. The first kappa shape index (κ1) is 11.7. The number of aryl methyl sites for hydroxylation is 1. The molecule has 0 radical (unpaired) electrons. The average Bonchev–Trinajstić information content (AvgIpc) is 2.75. The van der Waals surface area contributed by atoms with Crippen LogP contribution in [-0.4, -0.2) is 36.7 Å². The van der Waals surface area contributed by atoms with E-state index in [1.807, 2.05) is 0 Å². The van der Waals surface area contributed by atoms with Gasteiger partial charge in [-0.3, -0.25) is 15.1 Å². The summed E-state index contributed by atoms with van der Waals surface area (Å²) >= 11 is 0. The summed E-state index contributed by atoms with van der Waals surface area (Å²) in [5, 5.41) is 15.1. The molecule has 1 amide bonds. The van der Waals surface area contributed by atoms with E-state index < -0.39 is 11.9 Å². The van der Waals surface area contributed by atoms with Gasteiger partial charge in [0.05, 0.1) is 5.56 Å². The van der Waals surface area contributed by atoms with Gasteiger partial charge in [0.25, 0.3) is 5.91 Å². The summed E-state index contributed by atoms with van der Waals surface area (Å²) < 4.78 is 1.35. The van der Waals surface area contributed by atoms with E-state index in [1.165, 1.54) is 29.3 Å². The number of aromatic carboxylic acids is 1. The number of carboxylic acids is 1. The van der Waals surface area contributed by atoms with Gasteiger partial charge in [0.1, 0.15) is 12.0 Å². The van der Waals surface area contributed by atoms with Crippen molar-refractivity contribution in [3.05, 3.63) is 35.9 Å². The van der Waals surface area contributed by atoms with Crippen LogP contribution in [0.3, 0.4) is 0 Å². The summed E-state index contributed by atoms with van der Waals surface area (Å²) in [5.74, 6) is -1.66. The molecule has 0 unspecified atom stereocenters. The minimum absolute atomic E-state index is 0.169. The largest absolute Gasteiger partial charge is 0.478 e. The Bertz CT molecular complexity index is 607. The molecule has 2 N–H and O–H groups in total. The van der Waals surface area contributed by atoms with Gasteiger partial charge < -0.3 is 5.11 Å². The van der Waals surface area contributed by atoms with Crippen molar-refractivity contribution in [3.63, 3.8) is 0 Å². The fourth-order valence-electron chi connectivity index (χ4n) is 1.33. The van der Waals surface area contributed by atoms with Crippen molar-refractivity contribution >= 4 is 17.8 Å². The Morgan fingerprint density at radius 3 is 2.78 bits per heavy atom. The number of amides is 1. The monoisotopic (exact) mass is 247 g/mol. The van der Waals surface area contributed by atoms with Crippen molar-refractivity contribution in [1.29, 1.82) is 0 Å². The Hall–Kier alpha value is -2.77. The van der Waals surface area contributed by atoms with Crippen LogP contribution in [0.5, 0.6) is 0 Å². The second kappa shape index (κ2) is 4.62. The molecule has 0 aliphatic heterocycles. The number of hydrogen-bond donors (Lipinski definition) is 2. The SMILES string of the molecule is Cn1ncnc1NC(=O)c1ncccc1C(=O)O. The standard InChI is InChI=1S/C10H9N5O3/c1-15-10(12-5-13-15)14-8(16)7-6(9(17)18)3-2-4-11-7/h2-5H,1H3,(H,17,18)(H,12,13,14,16). The molecule has 2 heterocycles. The Kier molecular flexibility index (Phi) is 3.00. The molecule has 0 fully saturated rings. The predicted molar refractivity (Wildman–Crippen MR) is 60.2 cm³/mol. The molecule has 0 saturated carbocycles. The number of carbonyl (C=O) groups excluding carboxylic acids is 1. The van der Waals surface area contributed by atoms with Gasteiger partial charge in [0.15, 0.2) is 0 Å². The number of anilines is 1. The third kappa shape index (κ3) is 2.17. The lowest BCUT2D eigenvalue weighted by Gasteiger charge is -2.05. The quantitative estimate of drug-likeness (QED) is 0.799. The molecular weight excluding hydrogens is 238 g/mol. The minimum atomic E-state index is -1.22. The van der Waals surface area contributed by atoms with Gasteiger partial charge in [-0.1, -0.05) is 0 Å². The summed E-state index contributed by atoms with van der Waals surface area (Å²) in [6.07, 6.45) is 2.62. The van der Waals surface area contributed by atoms with Crippen molar-refractivity contribution in [3.8, 4) is 0 Å². The van der Waals surface area contributed by atoms with Crippen LogP contribution in [0.2, 0.25) is 0 Å². The van der Waals surface area contributed by atoms with Crippen LogP contribution in [-0.2, 0) is 7.05 Å². The van der Waals surface area contributed by atoms with E-state index in [9.17, 15) is 9.59 Å². The fourth-order valence-corrected chi connectivity index (χ4v) is 1.33. The van der Waals surface area contributed by atoms with Crippen molar-refractivity contribution < 1.29 is 14.7 Å². The van der Waals surface area contributed by atoms with E-state index in [1.54, 1.807) is 7.05 Å². The average molecular weight is 247 g/mol. The molecule has 0 aliphatic carbocycles. The summed E-state index contributed by atoms with van der Waals surface area (Å²) in [6, 6.07) is 2.75. The molecule has 0 aliphatic rings. The zero-order valence-corrected chi connectivity index (χ0v) is 9.36. The Balaban J connectivity index is 2.30. The second-order valence-corrected chi connectivity index (χ2v) is 3.37. The van der Waals surface area contributed by atoms with Gasteiger partial charge in [-0.2, -0.15) is 10.1 Å². The highest BCUT2D eigenvalue weighted by atomic mass is 16.4. The fraction of sp³-hybridized carbons (Fsp3) is 0.100. The van der Waals surface area contributed by atoms with Gasteiger partial charge in [0.2, 0.25) is 5.95 Å². The Labute approximate surface area is 101 Å². The minimum Gasteiger partial charge on any atom is -0.478 e.